The molecule has 1 amide bonds. The van der Waals surface area contributed by atoms with E-state index >= 15 is 0 Å². The molecular formula is C28H31N3O4S. The van der Waals surface area contributed by atoms with Crippen molar-refractivity contribution in [3.05, 3.63) is 77.0 Å². The van der Waals surface area contributed by atoms with Crippen LogP contribution in [0.3, 0.4) is 0 Å². The van der Waals surface area contributed by atoms with E-state index in [1.165, 1.54) is 17.1 Å². The summed E-state index contributed by atoms with van der Waals surface area (Å²) in [6.07, 6.45) is 2.58. The maximum atomic E-state index is 12.7. The lowest BCUT2D eigenvalue weighted by atomic mass is 9.87. The quantitative estimate of drug-likeness (QED) is 0.394. The van der Waals surface area contributed by atoms with Gasteiger partial charge in [-0.2, -0.15) is 4.37 Å². The minimum absolute atomic E-state index is 0.353. The molecule has 1 atom stereocenters. The SMILES string of the molecule is Cc1nsc(N2CCC(c3ccc(C4(C(=O)O)CC4)cc3)CC2)c1NC(=O)OC(C)c1ccccc1. The smallest absolute Gasteiger partial charge is 0.412 e. The van der Waals surface area contributed by atoms with Crippen LogP contribution in [0.2, 0.25) is 0 Å². The van der Waals surface area contributed by atoms with Crippen molar-refractivity contribution in [2.24, 2.45) is 0 Å². The van der Waals surface area contributed by atoms with Gasteiger partial charge in [0.25, 0.3) is 0 Å². The molecule has 36 heavy (non-hydrogen) atoms. The van der Waals surface area contributed by atoms with Crippen LogP contribution in [0.25, 0.3) is 0 Å². The molecule has 1 unspecified atom stereocenters. The third-order valence-corrected chi connectivity index (χ3v) is 8.50. The number of nitrogens with one attached hydrogen (secondary N) is 1. The van der Waals surface area contributed by atoms with Crippen molar-refractivity contribution >= 4 is 34.3 Å². The van der Waals surface area contributed by atoms with Gasteiger partial charge < -0.3 is 14.7 Å². The number of piperidine rings is 1. The largest absolute Gasteiger partial charge is 0.481 e. The van der Waals surface area contributed by atoms with Gasteiger partial charge in [-0.3, -0.25) is 10.1 Å². The summed E-state index contributed by atoms with van der Waals surface area (Å²) < 4.78 is 10.1. The van der Waals surface area contributed by atoms with E-state index < -0.39 is 17.5 Å². The second kappa shape index (κ2) is 9.93. The van der Waals surface area contributed by atoms with E-state index in [1.54, 1.807) is 0 Å². The van der Waals surface area contributed by atoms with E-state index in [1.807, 2.05) is 56.3 Å². The Morgan fingerprint density at radius 3 is 2.39 bits per heavy atom. The summed E-state index contributed by atoms with van der Waals surface area (Å²) in [5.74, 6) is -0.288. The molecule has 2 heterocycles. The van der Waals surface area contributed by atoms with Crippen LogP contribution in [-0.2, 0) is 14.9 Å². The van der Waals surface area contributed by atoms with Gasteiger partial charge in [0, 0.05) is 13.1 Å². The molecule has 1 aliphatic heterocycles. The highest BCUT2D eigenvalue weighted by molar-refractivity contribution is 7.11. The lowest BCUT2D eigenvalue weighted by molar-refractivity contribution is -0.140. The maximum absolute atomic E-state index is 12.7. The molecule has 2 aromatic carbocycles. The van der Waals surface area contributed by atoms with Gasteiger partial charge in [0.05, 0.1) is 11.1 Å². The predicted octanol–water partition coefficient (Wildman–Crippen LogP) is 6.26. The van der Waals surface area contributed by atoms with Gasteiger partial charge in [0.2, 0.25) is 0 Å². The topological polar surface area (TPSA) is 91.8 Å². The molecule has 1 saturated carbocycles. The molecule has 2 aliphatic rings. The standard InChI is InChI=1S/C28H31N3O4S/c1-18-24(29-27(34)35-19(2)20-6-4-3-5-7-20)25(36-30-18)31-16-12-22(13-17-31)21-8-10-23(11-9-21)28(14-15-28)26(32)33/h3-11,19,22H,12-17H2,1-2H3,(H,29,34)(H,32,33). The number of amides is 1. The number of carboxylic acids is 1. The molecule has 1 saturated heterocycles. The van der Waals surface area contributed by atoms with Crippen molar-refractivity contribution in [2.75, 3.05) is 23.3 Å². The van der Waals surface area contributed by atoms with E-state index in [4.69, 9.17) is 4.74 Å². The summed E-state index contributed by atoms with van der Waals surface area (Å²) in [6, 6.07) is 17.9. The third kappa shape index (κ3) is 4.82. The van der Waals surface area contributed by atoms with Gasteiger partial charge >= 0.3 is 12.1 Å². The zero-order valence-electron chi connectivity index (χ0n) is 20.6. The van der Waals surface area contributed by atoms with E-state index in [-0.39, 0.29) is 6.10 Å². The molecule has 1 aliphatic carbocycles. The summed E-state index contributed by atoms with van der Waals surface area (Å²) in [4.78, 5) is 26.5. The zero-order valence-corrected chi connectivity index (χ0v) is 21.4. The molecule has 0 radical (unpaired) electrons. The summed E-state index contributed by atoms with van der Waals surface area (Å²) in [5, 5.41) is 13.4. The number of aliphatic carboxylic acids is 1. The van der Waals surface area contributed by atoms with E-state index in [0.717, 1.165) is 66.3 Å². The van der Waals surface area contributed by atoms with Gasteiger partial charge in [-0.1, -0.05) is 54.6 Å². The van der Waals surface area contributed by atoms with Crippen molar-refractivity contribution in [3.63, 3.8) is 0 Å². The normalized spacial score (nSPS) is 17.9. The van der Waals surface area contributed by atoms with E-state index in [9.17, 15) is 14.7 Å². The average molecular weight is 506 g/mol. The van der Waals surface area contributed by atoms with Crippen LogP contribution in [0.4, 0.5) is 15.5 Å². The fraction of sp³-hybridized carbons (Fsp3) is 0.393. The molecule has 3 aromatic rings. The molecule has 188 valence electrons. The molecular weight excluding hydrogens is 474 g/mol. The Balaban J connectivity index is 1.20. The number of carbonyl (C=O) groups is 2. The minimum atomic E-state index is -0.716. The first-order chi connectivity index (χ1) is 17.4. The summed E-state index contributed by atoms with van der Waals surface area (Å²) in [6.45, 7) is 5.47. The fourth-order valence-corrected chi connectivity index (χ4v) is 5.95. The number of hydrogen-bond donors (Lipinski definition) is 2. The Morgan fingerprint density at radius 2 is 1.78 bits per heavy atom. The first-order valence-corrected chi connectivity index (χ1v) is 13.2. The highest BCUT2D eigenvalue weighted by atomic mass is 32.1. The molecule has 7 nitrogen and oxygen atoms in total. The van der Waals surface area contributed by atoms with Gasteiger partial charge in [-0.15, -0.1) is 0 Å². The summed E-state index contributed by atoms with van der Waals surface area (Å²) in [5.41, 5.74) is 3.96. The summed E-state index contributed by atoms with van der Waals surface area (Å²) >= 11 is 1.40. The molecule has 2 N–H and O–H groups in total. The number of aryl methyl sites for hydroxylation is 1. The number of carboxylic acid groups (broad SMARTS) is 1. The van der Waals surface area contributed by atoms with Crippen molar-refractivity contribution in [1.82, 2.24) is 4.37 Å². The summed E-state index contributed by atoms with van der Waals surface area (Å²) in [7, 11) is 0. The number of hydrogen-bond acceptors (Lipinski definition) is 6. The maximum Gasteiger partial charge on any atom is 0.412 e. The lowest BCUT2D eigenvalue weighted by Crippen LogP contribution is -2.33. The predicted molar refractivity (Wildman–Crippen MR) is 141 cm³/mol. The van der Waals surface area contributed by atoms with Gasteiger partial charge in [-0.25, -0.2) is 4.79 Å². The van der Waals surface area contributed by atoms with Crippen LogP contribution >= 0.6 is 11.5 Å². The minimum Gasteiger partial charge on any atom is -0.481 e. The number of benzene rings is 2. The second-order valence-corrected chi connectivity index (χ2v) is 10.6. The third-order valence-electron chi connectivity index (χ3n) is 7.50. The second-order valence-electron chi connectivity index (χ2n) is 9.80. The van der Waals surface area contributed by atoms with Crippen LogP contribution < -0.4 is 10.2 Å². The van der Waals surface area contributed by atoms with Gasteiger partial charge in [0.15, 0.2) is 0 Å². The Hall–Kier alpha value is -3.39. The van der Waals surface area contributed by atoms with Crippen LogP contribution in [0, 0.1) is 6.92 Å². The Bertz CT molecular complexity index is 1230. The average Bonchev–Trinajstić information content (AvgIpc) is 3.64. The molecule has 8 heteroatoms. The van der Waals surface area contributed by atoms with E-state index in [2.05, 4.69) is 26.7 Å². The van der Waals surface area contributed by atoms with Crippen LogP contribution in [0.1, 0.15) is 67.0 Å². The van der Waals surface area contributed by atoms with Crippen LogP contribution in [0.5, 0.6) is 0 Å². The Morgan fingerprint density at radius 1 is 1.11 bits per heavy atom. The number of anilines is 2. The first kappa shape index (κ1) is 24.3. The van der Waals surface area contributed by atoms with Crippen molar-refractivity contribution in [2.45, 2.75) is 57.0 Å². The first-order valence-electron chi connectivity index (χ1n) is 12.4. The monoisotopic (exact) mass is 505 g/mol. The fourth-order valence-electron chi connectivity index (χ4n) is 5.04. The van der Waals surface area contributed by atoms with Crippen molar-refractivity contribution in [3.8, 4) is 0 Å². The molecule has 0 spiro atoms. The number of nitrogens with zero attached hydrogens (tertiary/aromatic N) is 2. The number of carbonyl (C=O) groups excluding carboxylic acids is 1. The number of aromatic nitrogens is 1. The zero-order chi connectivity index (χ0) is 25.3. The Kier molecular flexibility index (Phi) is 6.71. The van der Waals surface area contributed by atoms with Crippen molar-refractivity contribution < 1.29 is 19.4 Å². The van der Waals surface area contributed by atoms with Gasteiger partial charge in [-0.05, 0) is 73.7 Å². The molecule has 5 rings (SSSR count). The van der Waals surface area contributed by atoms with Crippen LogP contribution in [-0.4, -0.2) is 34.6 Å². The Labute approximate surface area is 215 Å². The number of ether oxygens (including phenoxy) is 1. The highest BCUT2D eigenvalue weighted by Gasteiger charge is 2.51. The van der Waals surface area contributed by atoms with E-state index in [0.29, 0.717) is 5.92 Å². The van der Waals surface area contributed by atoms with Crippen LogP contribution in [0.15, 0.2) is 54.6 Å². The lowest BCUT2D eigenvalue weighted by Gasteiger charge is -2.33. The molecule has 0 bridgehead atoms. The van der Waals surface area contributed by atoms with Gasteiger partial charge in [0.1, 0.15) is 16.8 Å². The highest BCUT2D eigenvalue weighted by Crippen LogP contribution is 2.48. The molecule has 2 fully saturated rings. The molecule has 1 aromatic heterocycles. The number of rotatable bonds is 7. The van der Waals surface area contributed by atoms with Crippen molar-refractivity contribution in [1.29, 1.82) is 0 Å².